The lowest BCUT2D eigenvalue weighted by Gasteiger charge is -2.10. The monoisotopic (exact) mass is 341 g/mol. The first-order chi connectivity index (χ1) is 10.2. The highest BCUT2D eigenvalue weighted by atomic mass is 32.2. The maximum Gasteiger partial charge on any atom is 0.437 e. The van der Waals surface area contributed by atoms with Crippen LogP contribution in [0.3, 0.4) is 0 Å². The Morgan fingerprint density at radius 3 is 2.23 bits per heavy atom. The number of nitrogens with zero attached hydrogens (tertiary/aromatic N) is 1. The lowest BCUT2D eigenvalue weighted by atomic mass is 10.1. The number of hydrogen-bond donors (Lipinski definition) is 0. The van der Waals surface area contributed by atoms with Crippen molar-refractivity contribution in [2.24, 2.45) is 5.16 Å². The Bertz CT molecular complexity index is 611. The predicted molar refractivity (Wildman–Crippen MR) is 72.3 cm³/mol. The van der Waals surface area contributed by atoms with Gasteiger partial charge in [-0.05, 0) is 24.3 Å². The molecule has 0 fully saturated rings. The smallest absolute Gasteiger partial charge is 0.437 e. The molecule has 0 unspecified atom stereocenters. The summed E-state index contributed by atoms with van der Waals surface area (Å²) in [5.74, 6) is -0.264. The van der Waals surface area contributed by atoms with E-state index in [1.165, 1.54) is 26.4 Å². The topological polar surface area (TPSA) is 74.2 Å². The van der Waals surface area contributed by atoms with E-state index in [1.807, 2.05) is 0 Å². The van der Waals surface area contributed by atoms with Gasteiger partial charge in [-0.2, -0.15) is 21.6 Å². The summed E-state index contributed by atoms with van der Waals surface area (Å²) >= 11 is 0. The molecule has 0 aliphatic carbocycles. The summed E-state index contributed by atoms with van der Waals surface area (Å²) in [6.45, 7) is -0.220. The molecule has 1 aromatic carbocycles. The van der Waals surface area contributed by atoms with Gasteiger partial charge in [-0.3, -0.25) is 4.28 Å². The molecule has 0 atom stereocenters. The maximum absolute atomic E-state index is 13.0. The predicted octanol–water partition coefficient (Wildman–Crippen LogP) is 1.95. The minimum atomic E-state index is -4.88. The van der Waals surface area contributed by atoms with Crippen molar-refractivity contribution in [3.05, 3.63) is 29.8 Å². The Morgan fingerprint density at radius 1 is 1.18 bits per heavy atom. The van der Waals surface area contributed by atoms with Gasteiger partial charge in [-0.1, -0.05) is 5.16 Å². The third-order valence-corrected chi connectivity index (χ3v) is 3.38. The number of benzene rings is 1. The summed E-state index contributed by atoms with van der Waals surface area (Å²) < 4.78 is 75.0. The highest BCUT2D eigenvalue weighted by Crippen LogP contribution is 2.24. The molecule has 0 N–H and O–H groups in total. The normalized spacial score (nSPS) is 13.0. The van der Waals surface area contributed by atoms with Gasteiger partial charge >= 0.3 is 16.3 Å². The van der Waals surface area contributed by atoms with Crippen molar-refractivity contribution in [2.45, 2.75) is 6.18 Å². The molecule has 0 aliphatic rings. The van der Waals surface area contributed by atoms with Crippen molar-refractivity contribution in [3.8, 4) is 5.75 Å². The lowest BCUT2D eigenvalue weighted by Crippen LogP contribution is -2.25. The molecule has 0 aliphatic heterocycles. The van der Waals surface area contributed by atoms with Crippen LogP contribution in [0.4, 0.5) is 13.2 Å². The number of hydrogen-bond acceptors (Lipinski definition) is 6. The van der Waals surface area contributed by atoms with Crippen LogP contribution in [0.15, 0.2) is 29.4 Å². The van der Waals surface area contributed by atoms with Gasteiger partial charge in [0, 0.05) is 12.7 Å². The highest BCUT2D eigenvalue weighted by Gasteiger charge is 2.38. The van der Waals surface area contributed by atoms with Gasteiger partial charge < -0.3 is 9.47 Å². The molecule has 0 saturated carbocycles. The van der Waals surface area contributed by atoms with Crippen molar-refractivity contribution >= 4 is 15.8 Å². The summed E-state index contributed by atoms with van der Waals surface area (Å²) in [5, 5.41) is 2.75. The molecule has 22 heavy (non-hydrogen) atoms. The van der Waals surface area contributed by atoms with Gasteiger partial charge in [0.25, 0.3) is 0 Å². The summed E-state index contributed by atoms with van der Waals surface area (Å²) in [4.78, 5) is 0. The number of alkyl halides is 3. The van der Waals surface area contributed by atoms with Crippen LogP contribution in [0, 0.1) is 0 Å². The number of halogens is 3. The largest absolute Gasteiger partial charge is 0.497 e. The first kappa shape index (κ1) is 18.2. The van der Waals surface area contributed by atoms with E-state index in [4.69, 9.17) is 4.74 Å². The first-order valence-electron chi connectivity index (χ1n) is 5.89. The van der Waals surface area contributed by atoms with Crippen LogP contribution in [0.25, 0.3) is 0 Å². The van der Waals surface area contributed by atoms with Gasteiger partial charge in [0.15, 0.2) is 5.71 Å². The number of ether oxygens (including phenoxy) is 2. The van der Waals surface area contributed by atoms with Gasteiger partial charge in [0.1, 0.15) is 11.5 Å². The minimum absolute atomic E-state index is 0.220. The van der Waals surface area contributed by atoms with Crippen LogP contribution in [-0.4, -0.2) is 46.9 Å². The van der Waals surface area contributed by atoms with E-state index in [-0.39, 0.29) is 12.2 Å². The molecule has 0 heterocycles. The zero-order chi connectivity index (χ0) is 16.8. The lowest BCUT2D eigenvalue weighted by molar-refractivity contribution is -0.0597. The van der Waals surface area contributed by atoms with E-state index < -0.39 is 27.8 Å². The molecule has 0 spiro atoms. The quantitative estimate of drug-likeness (QED) is 0.560. The number of rotatable bonds is 7. The van der Waals surface area contributed by atoms with Crippen LogP contribution >= 0.6 is 0 Å². The Labute approximate surface area is 125 Å². The molecular weight excluding hydrogens is 327 g/mol. The second kappa shape index (κ2) is 7.45. The molecule has 0 saturated heterocycles. The fourth-order valence-electron chi connectivity index (χ4n) is 1.33. The van der Waals surface area contributed by atoms with Gasteiger partial charge in [-0.25, -0.2) is 0 Å². The Hall–Kier alpha value is -1.81. The molecule has 124 valence electrons. The fraction of sp³-hybridized carbons (Fsp3) is 0.417. The average Bonchev–Trinajstić information content (AvgIpc) is 2.44. The van der Waals surface area contributed by atoms with Crippen molar-refractivity contribution in [1.82, 2.24) is 0 Å². The first-order valence-corrected chi connectivity index (χ1v) is 7.47. The van der Waals surface area contributed by atoms with E-state index >= 15 is 0 Å². The number of methoxy groups -OCH3 is 2. The van der Waals surface area contributed by atoms with E-state index in [0.717, 1.165) is 12.1 Å². The van der Waals surface area contributed by atoms with Crippen molar-refractivity contribution < 1.29 is 35.3 Å². The summed E-state index contributed by atoms with van der Waals surface area (Å²) in [5.41, 5.74) is -1.81. The number of oxime groups is 1. The van der Waals surface area contributed by atoms with Gasteiger partial charge in [0.2, 0.25) is 0 Å². The van der Waals surface area contributed by atoms with E-state index in [1.54, 1.807) is 0 Å². The Balaban J connectivity index is 3.05. The molecule has 0 radical (unpaired) electrons. The van der Waals surface area contributed by atoms with Crippen molar-refractivity contribution in [3.63, 3.8) is 0 Å². The van der Waals surface area contributed by atoms with Crippen LogP contribution in [0.2, 0.25) is 0 Å². The third kappa shape index (κ3) is 5.53. The van der Waals surface area contributed by atoms with Crippen molar-refractivity contribution in [2.75, 3.05) is 26.6 Å². The Kier molecular flexibility index (Phi) is 6.18. The van der Waals surface area contributed by atoms with Crippen molar-refractivity contribution in [1.29, 1.82) is 0 Å². The van der Waals surface area contributed by atoms with Crippen LogP contribution in [0.1, 0.15) is 5.56 Å². The summed E-state index contributed by atoms with van der Waals surface area (Å²) in [6.07, 6.45) is -4.88. The highest BCUT2D eigenvalue weighted by molar-refractivity contribution is 7.86. The molecule has 1 aromatic rings. The fourth-order valence-corrected chi connectivity index (χ4v) is 1.97. The second-order valence-electron chi connectivity index (χ2n) is 4.00. The average molecular weight is 341 g/mol. The van der Waals surface area contributed by atoms with Crippen LogP contribution in [-0.2, 0) is 19.1 Å². The Morgan fingerprint density at radius 2 is 1.77 bits per heavy atom. The second-order valence-corrected chi connectivity index (χ2v) is 5.67. The SMILES string of the molecule is COCCS(=O)(=O)ON=C(c1ccc(OC)cc1)C(F)(F)F. The molecule has 0 aromatic heterocycles. The molecule has 1 rings (SSSR count). The molecule has 10 heteroatoms. The summed E-state index contributed by atoms with van der Waals surface area (Å²) in [6, 6.07) is 4.76. The standard InChI is InChI=1S/C12H14F3NO5S/c1-19-7-8-22(17,18)21-16-11(12(13,14)15)9-3-5-10(20-2)6-4-9/h3-6H,7-8H2,1-2H3. The van der Waals surface area contributed by atoms with Crippen LogP contribution < -0.4 is 4.74 Å². The van der Waals surface area contributed by atoms with E-state index in [9.17, 15) is 21.6 Å². The van der Waals surface area contributed by atoms with Gasteiger partial charge in [0.05, 0.1) is 13.7 Å². The molecular formula is C12H14F3NO5S. The third-order valence-electron chi connectivity index (χ3n) is 2.41. The molecule has 0 amide bonds. The van der Waals surface area contributed by atoms with Gasteiger partial charge in [-0.15, -0.1) is 0 Å². The van der Waals surface area contributed by atoms with Crippen LogP contribution in [0.5, 0.6) is 5.75 Å². The zero-order valence-electron chi connectivity index (χ0n) is 11.8. The van der Waals surface area contributed by atoms with E-state index in [2.05, 4.69) is 14.2 Å². The van der Waals surface area contributed by atoms with E-state index in [0.29, 0.717) is 5.75 Å². The maximum atomic E-state index is 13.0. The summed E-state index contributed by atoms with van der Waals surface area (Å²) in [7, 11) is -1.65. The molecule has 0 bridgehead atoms. The zero-order valence-corrected chi connectivity index (χ0v) is 12.6. The molecule has 6 nitrogen and oxygen atoms in total. The minimum Gasteiger partial charge on any atom is -0.497 e.